The SMILES string of the molecule is CN(C)Cc1ccc(NC(=O)OC(C)(C)C)c([N+](=O)[O-])c1. The lowest BCUT2D eigenvalue weighted by Gasteiger charge is -2.19. The first kappa shape index (κ1) is 16.9. The van der Waals surface area contributed by atoms with Crippen LogP contribution in [0.2, 0.25) is 0 Å². The second-order valence-electron chi connectivity index (χ2n) is 5.97. The van der Waals surface area contributed by atoms with Gasteiger partial charge in [0.25, 0.3) is 5.69 Å². The zero-order chi connectivity index (χ0) is 16.2. The summed E-state index contributed by atoms with van der Waals surface area (Å²) >= 11 is 0. The van der Waals surface area contributed by atoms with E-state index in [9.17, 15) is 14.9 Å². The van der Waals surface area contributed by atoms with Gasteiger partial charge in [-0.2, -0.15) is 0 Å². The number of nitro benzene ring substituents is 1. The van der Waals surface area contributed by atoms with Gasteiger partial charge >= 0.3 is 6.09 Å². The molecule has 0 atom stereocenters. The first-order chi connectivity index (χ1) is 9.58. The van der Waals surface area contributed by atoms with Crippen LogP contribution >= 0.6 is 0 Å². The highest BCUT2D eigenvalue weighted by Crippen LogP contribution is 2.26. The van der Waals surface area contributed by atoms with E-state index in [2.05, 4.69) is 5.32 Å². The zero-order valence-electron chi connectivity index (χ0n) is 13.0. The Hall–Kier alpha value is -2.15. The smallest absolute Gasteiger partial charge is 0.412 e. The van der Waals surface area contributed by atoms with Crippen molar-refractivity contribution < 1.29 is 14.5 Å². The van der Waals surface area contributed by atoms with Crippen LogP contribution in [0.25, 0.3) is 0 Å². The van der Waals surface area contributed by atoms with E-state index >= 15 is 0 Å². The number of nitrogens with zero attached hydrogens (tertiary/aromatic N) is 2. The number of carbonyl (C=O) groups excluding carboxylic acids is 1. The average Bonchev–Trinajstić information content (AvgIpc) is 2.27. The number of hydrogen-bond donors (Lipinski definition) is 1. The number of rotatable bonds is 4. The van der Waals surface area contributed by atoms with E-state index in [1.54, 1.807) is 26.8 Å². The van der Waals surface area contributed by atoms with Crippen molar-refractivity contribution in [1.29, 1.82) is 0 Å². The quantitative estimate of drug-likeness (QED) is 0.681. The Morgan fingerprint density at radius 2 is 2.00 bits per heavy atom. The monoisotopic (exact) mass is 295 g/mol. The maximum atomic E-state index is 11.7. The molecule has 0 aliphatic rings. The molecule has 0 fully saturated rings. The summed E-state index contributed by atoms with van der Waals surface area (Å²) in [5, 5.41) is 13.5. The predicted octanol–water partition coefficient (Wildman–Crippen LogP) is 3.00. The fourth-order valence-electron chi connectivity index (χ4n) is 1.71. The van der Waals surface area contributed by atoms with Crippen LogP contribution in [0.1, 0.15) is 26.3 Å². The Balaban J connectivity index is 2.96. The van der Waals surface area contributed by atoms with Crippen LogP contribution in [0.15, 0.2) is 18.2 Å². The fraction of sp³-hybridized carbons (Fsp3) is 0.500. The van der Waals surface area contributed by atoms with E-state index in [0.717, 1.165) is 5.56 Å². The molecule has 0 heterocycles. The summed E-state index contributed by atoms with van der Waals surface area (Å²) < 4.78 is 5.09. The van der Waals surface area contributed by atoms with Crippen molar-refractivity contribution in [2.75, 3.05) is 19.4 Å². The van der Waals surface area contributed by atoms with Crippen molar-refractivity contribution in [2.24, 2.45) is 0 Å². The van der Waals surface area contributed by atoms with Gasteiger partial charge in [-0.05, 0) is 46.5 Å². The van der Waals surface area contributed by atoms with Crippen molar-refractivity contribution in [3.05, 3.63) is 33.9 Å². The second kappa shape index (κ2) is 6.53. The van der Waals surface area contributed by atoms with Gasteiger partial charge in [-0.1, -0.05) is 6.07 Å². The predicted molar refractivity (Wildman–Crippen MR) is 80.3 cm³/mol. The summed E-state index contributed by atoms with van der Waals surface area (Å²) in [5.41, 5.74) is 0.0994. The van der Waals surface area contributed by atoms with E-state index < -0.39 is 16.6 Å². The third-order valence-corrected chi connectivity index (χ3v) is 2.39. The Bertz CT molecular complexity index is 536. The van der Waals surface area contributed by atoms with Crippen LogP contribution in [0.5, 0.6) is 0 Å². The normalized spacial score (nSPS) is 11.3. The molecule has 1 rings (SSSR count). The minimum atomic E-state index is -0.717. The van der Waals surface area contributed by atoms with Crippen molar-refractivity contribution in [1.82, 2.24) is 4.90 Å². The first-order valence-corrected chi connectivity index (χ1v) is 6.50. The third-order valence-electron chi connectivity index (χ3n) is 2.39. The van der Waals surface area contributed by atoms with Gasteiger partial charge in [-0.25, -0.2) is 4.79 Å². The van der Waals surface area contributed by atoms with E-state index in [1.165, 1.54) is 12.1 Å². The third kappa shape index (κ3) is 5.78. The van der Waals surface area contributed by atoms with Gasteiger partial charge in [-0.15, -0.1) is 0 Å². The maximum absolute atomic E-state index is 11.7. The van der Waals surface area contributed by atoms with Crippen molar-refractivity contribution in [3.63, 3.8) is 0 Å². The molecule has 0 saturated carbocycles. The summed E-state index contributed by atoms with van der Waals surface area (Å²) in [6.45, 7) is 5.75. The maximum Gasteiger partial charge on any atom is 0.412 e. The van der Waals surface area contributed by atoms with Crippen molar-refractivity contribution in [3.8, 4) is 0 Å². The van der Waals surface area contributed by atoms with E-state index in [1.807, 2.05) is 19.0 Å². The molecule has 7 heteroatoms. The van der Waals surface area contributed by atoms with Crippen molar-refractivity contribution in [2.45, 2.75) is 32.9 Å². The number of amides is 1. The molecule has 7 nitrogen and oxygen atoms in total. The lowest BCUT2D eigenvalue weighted by molar-refractivity contribution is -0.384. The largest absolute Gasteiger partial charge is 0.444 e. The van der Waals surface area contributed by atoms with Crippen LogP contribution in [0.4, 0.5) is 16.2 Å². The average molecular weight is 295 g/mol. The summed E-state index contributed by atoms with van der Waals surface area (Å²) in [5.74, 6) is 0. The molecule has 1 N–H and O–H groups in total. The van der Waals surface area contributed by atoms with Crippen LogP contribution in [0, 0.1) is 10.1 Å². The summed E-state index contributed by atoms with van der Waals surface area (Å²) in [4.78, 5) is 24.2. The van der Waals surface area contributed by atoms with Gasteiger partial charge < -0.3 is 9.64 Å². The molecule has 1 aromatic rings. The standard InChI is InChI=1S/C14H21N3O4/c1-14(2,3)21-13(18)15-11-7-6-10(9-16(4)5)8-12(11)17(19)20/h6-8H,9H2,1-5H3,(H,15,18). The number of hydrogen-bond acceptors (Lipinski definition) is 5. The zero-order valence-corrected chi connectivity index (χ0v) is 13.0. The molecule has 0 aliphatic carbocycles. The minimum Gasteiger partial charge on any atom is -0.444 e. The van der Waals surface area contributed by atoms with Gasteiger partial charge in [0.15, 0.2) is 0 Å². The Kier molecular flexibility index (Phi) is 5.26. The summed E-state index contributed by atoms with van der Waals surface area (Å²) in [7, 11) is 3.75. The van der Waals surface area contributed by atoms with Crippen LogP contribution < -0.4 is 5.32 Å². The number of nitro groups is 1. The van der Waals surface area contributed by atoms with Crippen LogP contribution in [-0.2, 0) is 11.3 Å². The van der Waals surface area contributed by atoms with E-state index in [0.29, 0.717) is 6.54 Å². The molecule has 0 aromatic heterocycles. The molecular weight excluding hydrogens is 274 g/mol. The van der Waals surface area contributed by atoms with Crippen LogP contribution in [0.3, 0.4) is 0 Å². The molecule has 0 unspecified atom stereocenters. The molecule has 0 bridgehead atoms. The highest BCUT2D eigenvalue weighted by atomic mass is 16.6. The molecule has 21 heavy (non-hydrogen) atoms. The molecule has 0 radical (unpaired) electrons. The number of nitrogens with one attached hydrogen (secondary N) is 1. The minimum absolute atomic E-state index is 0.122. The number of ether oxygens (including phenoxy) is 1. The first-order valence-electron chi connectivity index (χ1n) is 6.50. The van der Waals surface area contributed by atoms with Gasteiger partial charge in [0.2, 0.25) is 0 Å². The lowest BCUT2D eigenvalue weighted by atomic mass is 10.1. The summed E-state index contributed by atoms with van der Waals surface area (Å²) in [6.07, 6.45) is -0.717. The fourth-order valence-corrected chi connectivity index (χ4v) is 1.71. The highest BCUT2D eigenvalue weighted by Gasteiger charge is 2.21. The molecular formula is C14H21N3O4. The Morgan fingerprint density at radius 1 is 1.38 bits per heavy atom. The topological polar surface area (TPSA) is 84.7 Å². The molecule has 0 saturated heterocycles. The summed E-state index contributed by atoms with van der Waals surface area (Å²) in [6, 6.07) is 4.70. The van der Waals surface area contributed by atoms with Gasteiger partial charge in [-0.3, -0.25) is 15.4 Å². The van der Waals surface area contributed by atoms with Crippen molar-refractivity contribution >= 4 is 17.5 Å². The number of carbonyl (C=O) groups is 1. The number of benzene rings is 1. The number of anilines is 1. The molecule has 1 amide bonds. The Labute approximate surface area is 124 Å². The second-order valence-corrected chi connectivity index (χ2v) is 5.97. The Morgan fingerprint density at radius 3 is 2.48 bits per heavy atom. The van der Waals surface area contributed by atoms with Gasteiger partial charge in [0.05, 0.1) is 4.92 Å². The molecule has 0 aliphatic heterocycles. The van der Waals surface area contributed by atoms with Crippen LogP contribution in [-0.4, -0.2) is 35.6 Å². The highest BCUT2D eigenvalue weighted by molar-refractivity contribution is 5.88. The molecule has 0 spiro atoms. The lowest BCUT2D eigenvalue weighted by Crippen LogP contribution is -2.27. The van der Waals surface area contributed by atoms with Gasteiger partial charge in [0.1, 0.15) is 11.3 Å². The van der Waals surface area contributed by atoms with Gasteiger partial charge in [0, 0.05) is 12.6 Å². The van der Waals surface area contributed by atoms with E-state index in [-0.39, 0.29) is 11.4 Å². The molecule has 1 aromatic carbocycles. The molecule has 116 valence electrons. The van der Waals surface area contributed by atoms with E-state index in [4.69, 9.17) is 4.74 Å².